The molecule has 5 rings (SSSR count). The van der Waals surface area contributed by atoms with E-state index in [4.69, 9.17) is 0 Å². The Hall–Kier alpha value is -3.85. The van der Waals surface area contributed by atoms with Gasteiger partial charge >= 0.3 is 0 Å². The van der Waals surface area contributed by atoms with Gasteiger partial charge in [-0.25, -0.2) is 8.91 Å². The predicted molar refractivity (Wildman–Crippen MR) is 119 cm³/mol. The first kappa shape index (κ1) is 20.1. The number of benzene rings is 1. The van der Waals surface area contributed by atoms with Crippen LogP contribution in [0.2, 0.25) is 0 Å². The molecule has 9 heteroatoms. The molecule has 32 heavy (non-hydrogen) atoms. The second-order valence-corrected chi connectivity index (χ2v) is 7.77. The molecule has 2 N–H and O–H groups in total. The molecule has 3 aromatic heterocycles. The number of hydrogen-bond donors (Lipinski definition) is 2. The third kappa shape index (κ3) is 3.56. The van der Waals surface area contributed by atoms with E-state index in [0.717, 1.165) is 24.1 Å². The standard InChI is InChI=1S/C23H21FN6O2/c1-25-22(31)18-3-2-15(12-26-18)14-5-8-29(9-6-14)13-16-10-19-21(11-17(16)24)30-20(4-7-27-30)23(32)28-19/h2-5,7,10-12H,6,8-9,13H2,1H3,(H,25,31)(H,28,32). The average molecular weight is 432 g/mol. The van der Waals surface area contributed by atoms with E-state index in [9.17, 15) is 14.0 Å². The van der Waals surface area contributed by atoms with Crippen molar-refractivity contribution in [2.45, 2.75) is 13.0 Å². The molecule has 8 nitrogen and oxygen atoms in total. The Labute approximate surface area is 182 Å². The van der Waals surface area contributed by atoms with Gasteiger partial charge in [-0.15, -0.1) is 0 Å². The Morgan fingerprint density at radius 2 is 2.12 bits per heavy atom. The number of halogens is 1. The number of rotatable bonds is 4. The lowest BCUT2D eigenvalue weighted by Crippen LogP contribution is -2.28. The summed E-state index contributed by atoms with van der Waals surface area (Å²) in [4.78, 5) is 33.1. The molecule has 0 atom stereocenters. The Bertz CT molecular complexity index is 1420. The van der Waals surface area contributed by atoms with Crippen molar-refractivity contribution in [2.75, 3.05) is 20.1 Å². The van der Waals surface area contributed by atoms with E-state index >= 15 is 0 Å². The van der Waals surface area contributed by atoms with Crippen LogP contribution in [0.15, 0.2) is 53.6 Å². The lowest BCUT2D eigenvalue weighted by atomic mass is 10.0. The third-order valence-electron chi connectivity index (χ3n) is 5.80. The van der Waals surface area contributed by atoms with E-state index in [1.807, 2.05) is 6.07 Å². The number of aromatic amines is 1. The zero-order chi connectivity index (χ0) is 22.2. The maximum Gasteiger partial charge on any atom is 0.274 e. The third-order valence-corrected chi connectivity index (χ3v) is 5.80. The summed E-state index contributed by atoms with van der Waals surface area (Å²) < 4.78 is 16.3. The fourth-order valence-corrected chi connectivity index (χ4v) is 4.06. The topological polar surface area (TPSA) is 95.4 Å². The van der Waals surface area contributed by atoms with Crippen LogP contribution in [-0.4, -0.2) is 50.5 Å². The first-order valence-corrected chi connectivity index (χ1v) is 10.3. The number of H-pyrrole nitrogens is 1. The van der Waals surface area contributed by atoms with Gasteiger partial charge in [-0.2, -0.15) is 5.10 Å². The number of pyridine rings is 1. The quantitative estimate of drug-likeness (QED) is 0.516. The largest absolute Gasteiger partial charge is 0.354 e. The molecule has 4 aromatic rings. The van der Waals surface area contributed by atoms with E-state index in [2.05, 4.69) is 31.4 Å². The first-order chi connectivity index (χ1) is 15.5. The molecule has 0 spiro atoms. The van der Waals surface area contributed by atoms with Crippen LogP contribution >= 0.6 is 0 Å². The second-order valence-electron chi connectivity index (χ2n) is 7.77. The molecule has 0 radical (unpaired) electrons. The van der Waals surface area contributed by atoms with Crippen molar-refractivity contribution in [3.05, 3.63) is 81.8 Å². The number of fused-ring (bicyclic) bond motifs is 3. The molecule has 0 aliphatic carbocycles. The summed E-state index contributed by atoms with van der Waals surface area (Å²) in [6.45, 7) is 1.85. The van der Waals surface area contributed by atoms with E-state index in [1.54, 1.807) is 31.4 Å². The molecule has 4 heterocycles. The van der Waals surface area contributed by atoms with Crippen molar-refractivity contribution in [3.8, 4) is 0 Å². The summed E-state index contributed by atoms with van der Waals surface area (Å²) in [6, 6.07) is 8.32. The van der Waals surface area contributed by atoms with Crippen LogP contribution in [0, 0.1) is 5.82 Å². The number of aromatic nitrogens is 4. The van der Waals surface area contributed by atoms with Crippen LogP contribution in [-0.2, 0) is 6.54 Å². The van der Waals surface area contributed by atoms with Gasteiger partial charge in [0.15, 0.2) is 0 Å². The van der Waals surface area contributed by atoms with Crippen molar-refractivity contribution in [1.29, 1.82) is 0 Å². The summed E-state index contributed by atoms with van der Waals surface area (Å²) in [5.74, 6) is -0.544. The Kier molecular flexibility index (Phi) is 5.02. The van der Waals surface area contributed by atoms with Gasteiger partial charge in [0, 0.05) is 44.5 Å². The van der Waals surface area contributed by atoms with Crippen LogP contribution in [0.1, 0.15) is 28.0 Å². The highest BCUT2D eigenvalue weighted by Gasteiger charge is 2.17. The van der Waals surface area contributed by atoms with E-state index in [1.165, 1.54) is 16.8 Å². The minimum Gasteiger partial charge on any atom is -0.354 e. The molecule has 1 aromatic carbocycles. The lowest BCUT2D eigenvalue weighted by Gasteiger charge is -2.26. The Morgan fingerprint density at radius 1 is 1.25 bits per heavy atom. The highest BCUT2D eigenvalue weighted by Crippen LogP contribution is 2.24. The van der Waals surface area contributed by atoms with Crippen molar-refractivity contribution in [2.24, 2.45) is 0 Å². The number of amides is 1. The number of nitrogens with one attached hydrogen (secondary N) is 2. The Morgan fingerprint density at radius 3 is 2.84 bits per heavy atom. The van der Waals surface area contributed by atoms with Gasteiger partial charge in [0.2, 0.25) is 0 Å². The predicted octanol–water partition coefficient (Wildman–Crippen LogP) is 2.36. The molecular formula is C23H21FN6O2. The molecule has 1 amide bonds. The van der Waals surface area contributed by atoms with Gasteiger partial charge in [0.25, 0.3) is 11.5 Å². The maximum atomic E-state index is 14.9. The highest BCUT2D eigenvalue weighted by atomic mass is 19.1. The van der Waals surface area contributed by atoms with Gasteiger partial charge in [-0.05, 0) is 35.8 Å². The van der Waals surface area contributed by atoms with Crippen LogP contribution < -0.4 is 10.9 Å². The minimum absolute atomic E-state index is 0.215. The smallest absolute Gasteiger partial charge is 0.274 e. The fourth-order valence-electron chi connectivity index (χ4n) is 4.06. The van der Waals surface area contributed by atoms with Gasteiger partial charge in [-0.3, -0.25) is 19.5 Å². The molecule has 1 aliphatic heterocycles. The molecular weight excluding hydrogens is 411 g/mol. The highest BCUT2D eigenvalue weighted by molar-refractivity contribution is 5.92. The average Bonchev–Trinajstić information content (AvgIpc) is 3.31. The zero-order valence-corrected chi connectivity index (χ0v) is 17.4. The fraction of sp³-hybridized carbons (Fsp3) is 0.217. The normalized spacial score (nSPS) is 14.6. The number of carbonyl (C=O) groups excluding carboxylic acids is 1. The maximum absolute atomic E-state index is 14.9. The molecule has 0 unspecified atom stereocenters. The molecule has 162 valence electrons. The van der Waals surface area contributed by atoms with Crippen molar-refractivity contribution in [1.82, 2.24) is 29.8 Å². The zero-order valence-electron chi connectivity index (χ0n) is 17.4. The van der Waals surface area contributed by atoms with Gasteiger partial charge in [0.05, 0.1) is 17.2 Å². The van der Waals surface area contributed by atoms with Gasteiger partial charge in [-0.1, -0.05) is 12.1 Å². The summed E-state index contributed by atoms with van der Waals surface area (Å²) in [7, 11) is 1.57. The van der Waals surface area contributed by atoms with Crippen LogP contribution in [0.5, 0.6) is 0 Å². The second kappa shape index (κ2) is 8.01. The van der Waals surface area contributed by atoms with Gasteiger partial charge < -0.3 is 10.3 Å². The van der Waals surface area contributed by atoms with Crippen molar-refractivity contribution in [3.63, 3.8) is 0 Å². The lowest BCUT2D eigenvalue weighted by molar-refractivity contribution is 0.0958. The monoisotopic (exact) mass is 432 g/mol. The summed E-state index contributed by atoms with van der Waals surface area (Å²) >= 11 is 0. The van der Waals surface area contributed by atoms with E-state index < -0.39 is 0 Å². The molecule has 0 saturated carbocycles. The Balaban J connectivity index is 1.35. The number of hydrogen-bond acceptors (Lipinski definition) is 5. The summed E-state index contributed by atoms with van der Waals surface area (Å²) in [5, 5.41) is 6.69. The SMILES string of the molecule is CNC(=O)c1ccc(C2=CCN(Cc3cc4[nH]c(=O)c5ccnn5c4cc3F)CC2)cn1. The van der Waals surface area contributed by atoms with Crippen LogP contribution in [0.4, 0.5) is 4.39 Å². The summed E-state index contributed by atoms with van der Waals surface area (Å²) in [6.07, 6.45) is 6.13. The van der Waals surface area contributed by atoms with Gasteiger partial charge in [0.1, 0.15) is 17.0 Å². The summed E-state index contributed by atoms with van der Waals surface area (Å²) in [5.41, 5.74) is 4.25. The van der Waals surface area contributed by atoms with Crippen molar-refractivity contribution < 1.29 is 9.18 Å². The first-order valence-electron chi connectivity index (χ1n) is 10.3. The van der Waals surface area contributed by atoms with Crippen molar-refractivity contribution >= 4 is 28.0 Å². The molecule has 0 fully saturated rings. The number of nitrogens with zero attached hydrogens (tertiary/aromatic N) is 4. The van der Waals surface area contributed by atoms with E-state index in [-0.39, 0.29) is 17.3 Å². The molecule has 1 aliphatic rings. The number of carbonyl (C=O) groups is 1. The van der Waals surface area contributed by atoms with E-state index in [0.29, 0.717) is 40.9 Å². The molecule has 0 saturated heterocycles. The molecule has 0 bridgehead atoms. The minimum atomic E-state index is -0.329. The van der Waals surface area contributed by atoms with Crippen LogP contribution in [0.3, 0.4) is 0 Å². The van der Waals surface area contributed by atoms with Crippen LogP contribution in [0.25, 0.3) is 22.1 Å².